The molecule has 4 rings (SSSR count). The van der Waals surface area contributed by atoms with E-state index in [0.29, 0.717) is 11.9 Å². The van der Waals surface area contributed by atoms with Crippen molar-refractivity contribution >= 4 is 29.3 Å². The summed E-state index contributed by atoms with van der Waals surface area (Å²) in [7, 11) is 0. The van der Waals surface area contributed by atoms with Crippen LogP contribution in [0, 0.1) is 0 Å². The van der Waals surface area contributed by atoms with Gasteiger partial charge in [0.2, 0.25) is 5.95 Å². The van der Waals surface area contributed by atoms with Crippen LogP contribution in [0.2, 0.25) is 0 Å². The summed E-state index contributed by atoms with van der Waals surface area (Å²) in [6, 6.07) is 10.3. The van der Waals surface area contributed by atoms with Gasteiger partial charge in [-0.3, -0.25) is 0 Å². The number of halogens is 1. The van der Waals surface area contributed by atoms with Crippen LogP contribution in [0.1, 0.15) is 24.5 Å². The highest BCUT2D eigenvalue weighted by Gasteiger charge is 2.26. The van der Waals surface area contributed by atoms with Gasteiger partial charge in [-0.15, -0.1) is 12.4 Å². The first-order valence-electron chi connectivity index (χ1n) is 6.52. The van der Waals surface area contributed by atoms with E-state index in [9.17, 15) is 0 Å². The molecule has 3 N–H and O–H groups in total. The minimum atomic E-state index is 0. The molecule has 102 valence electrons. The normalized spacial score (nSPS) is 14.2. The summed E-state index contributed by atoms with van der Waals surface area (Å²) in [5, 5.41) is 1.17. The van der Waals surface area contributed by atoms with Crippen LogP contribution in [-0.4, -0.2) is 15.0 Å². The second kappa shape index (κ2) is 4.80. The zero-order valence-electron chi connectivity index (χ0n) is 10.8. The Kier molecular flexibility index (Phi) is 3.10. The van der Waals surface area contributed by atoms with E-state index >= 15 is 0 Å². The summed E-state index contributed by atoms with van der Waals surface area (Å²) < 4.78 is 0. The number of nitrogen functional groups attached to an aromatic ring is 1. The molecule has 1 aliphatic rings. The van der Waals surface area contributed by atoms with Crippen LogP contribution in [-0.2, 0) is 0 Å². The Morgan fingerprint density at radius 1 is 1.15 bits per heavy atom. The lowest BCUT2D eigenvalue weighted by Crippen LogP contribution is -2.00. The molecule has 4 nitrogen and oxygen atoms in total. The molecule has 0 aliphatic heterocycles. The fraction of sp³-hybridized carbons (Fsp3) is 0.200. The molecule has 0 unspecified atom stereocenters. The van der Waals surface area contributed by atoms with Crippen molar-refractivity contribution in [2.75, 3.05) is 5.73 Å². The van der Waals surface area contributed by atoms with E-state index in [1.165, 1.54) is 18.2 Å². The molecule has 2 heterocycles. The molecule has 1 aliphatic carbocycles. The molecule has 1 aromatic carbocycles. The minimum absolute atomic E-state index is 0. The predicted octanol–water partition coefficient (Wildman–Crippen LogP) is 3.51. The number of nitrogens with one attached hydrogen (secondary N) is 1. The third-order valence-electron chi connectivity index (χ3n) is 3.63. The van der Waals surface area contributed by atoms with E-state index < -0.39 is 0 Å². The van der Waals surface area contributed by atoms with Gasteiger partial charge in [0.05, 0.1) is 5.69 Å². The molecule has 20 heavy (non-hydrogen) atoms. The summed E-state index contributed by atoms with van der Waals surface area (Å²) in [6.07, 6.45) is 4.37. The zero-order chi connectivity index (χ0) is 12.8. The van der Waals surface area contributed by atoms with Crippen molar-refractivity contribution in [3.8, 4) is 11.3 Å². The number of hydrogen-bond acceptors (Lipinski definition) is 3. The number of aromatic amines is 1. The van der Waals surface area contributed by atoms with E-state index in [2.05, 4.69) is 39.2 Å². The number of nitrogens with zero attached hydrogens (tertiary/aromatic N) is 2. The van der Waals surface area contributed by atoms with Gasteiger partial charge in [-0.05, 0) is 31.0 Å². The van der Waals surface area contributed by atoms with Gasteiger partial charge < -0.3 is 10.7 Å². The molecular formula is C15H15ClN4. The van der Waals surface area contributed by atoms with Crippen molar-refractivity contribution in [2.45, 2.75) is 18.8 Å². The first kappa shape index (κ1) is 12.9. The number of fused-ring (bicyclic) bond motifs is 1. The zero-order valence-corrected chi connectivity index (χ0v) is 11.7. The highest BCUT2D eigenvalue weighted by atomic mass is 35.5. The highest BCUT2D eigenvalue weighted by Crippen LogP contribution is 2.40. The van der Waals surface area contributed by atoms with Gasteiger partial charge in [0.1, 0.15) is 0 Å². The molecule has 0 atom stereocenters. The number of H-pyrrole nitrogens is 1. The third-order valence-corrected chi connectivity index (χ3v) is 3.63. The lowest BCUT2D eigenvalue weighted by Gasteiger charge is -2.06. The quantitative estimate of drug-likeness (QED) is 0.757. The van der Waals surface area contributed by atoms with Crippen LogP contribution >= 0.6 is 12.4 Å². The molecule has 0 spiro atoms. The Hall–Kier alpha value is -2.07. The third kappa shape index (κ3) is 2.12. The highest BCUT2D eigenvalue weighted by molar-refractivity contribution is 5.94. The van der Waals surface area contributed by atoms with E-state index in [-0.39, 0.29) is 12.4 Å². The van der Waals surface area contributed by atoms with E-state index in [1.807, 2.05) is 12.3 Å². The van der Waals surface area contributed by atoms with Gasteiger partial charge in [-0.1, -0.05) is 12.1 Å². The molecule has 0 radical (unpaired) electrons. The lowest BCUT2D eigenvalue weighted by molar-refractivity contribution is 1.00. The minimum Gasteiger partial charge on any atom is -0.368 e. The smallest absolute Gasteiger partial charge is 0.220 e. The van der Waals surface area contributed by atoms with E-state index in [0.717, 1.165) is 22.5 Å². The average Bonchev–Trinajstić information content (AvgIpc) is 3.15. The molecular weight excluding hydrogens is 272 g/mol. The molecule has 0 saturated heterocycles. The maximum Gasteiger partial charge on any atom is 0.220 e. The number of aromatic nitrogens is 3. The summed E-state index contributed by atoms with van der Waals surface area (Å²) in [4.78, 5) is 12.0. The van der Waals surface area contributed by atoms with Crippen molar-refractivity contribution in [1.29, 1.82) is 0 Å². The average molecular weight is 287 g/mol. The largest absolute Gasteiger partial charge is 0.368 e. The van der Waals surface area contributed by atoms with Crippen molar-refractivity contribution in [1.82, 2.24) is 15.0 Å². The van der Waals surface area contributed by atoms with Crippen LogP contribution in [0.25, 0.3) is 22.2 Å². The lowest BCUT2D eigenvalue weighted by atomic mass is 10.1. The fourth-order valence-corrected chi connectivity index (χ4v) is 2.52. The number of nitrogens with two attached hydrogens (primary N) is 1. The van der Waals surface area contributed by atoms with Gasteiger partial charge in [-0.2, -0.15) is 0 Å². The fourth-order valence-electron chi connectivity index (χ4n) is 2.52. The Morgan fingerprint density at radius 3 is 2.80 bits per heavy atom. The van der Waals surface area contributed by atoms with Crippen molar-refractivity contribution in [2.24, 2.45) is 0 Å². The van der Waals surface area contributed by atoms with Gasteiger partial charge in [0, 0.05) is 34.3 Å². The van der Waals surface area contributed by atoms with Crippen molar-refractivity contribution < 1.29 is 0 Å². The van der Waals surface area contributed by atoms with E-state index in [1.54, 1.807) is 0 Å². The van der Waals surface area contributed by atoms with Crippen LogP contribution in [0.5, 0.6) is 0 Å². The van der Waals surface area contributed by atoms with Gasteiger partial charge in [0.25, 0.3) is 0 Å². The van der Waals surface area contributed by atoms with Crippen LogP contribution < -0.4 is 5.73 Å². The SMILES string of the molecule is Cl.Nc1nc(-c2cccc3[nH]ccc23)cc(C2CC2)n1. The Bertz CT molecular complexity index is 761. The van der Waals surface area contributed by atoms with Crippen LogP contribution in [0.4, 0.5) is 5.95 Å². The molecule has 5 heteroatoms. The number of anilines is 1. The molecule has 0 amide bonds. The maximum absolute atomic E-state index is 5.85. The topological polar surface area (TPSA) is 67.6 Å². The van der Waals surface area contributed by atoms with Crippen LogP contribution in [0.3, 0.4) is 0 Å². The predicted molar refractivity (Wildman–Crippen MR) is 83.0 cm³/mol. The second-order valence-electron chi connectivity index (χ2n) is 5.06. The van der Waals surface area contributed by atoms with E-state index in [4.69, 9.17) is 5.73 Å². The number of hydrogen-bond donors (Lipinski definition) is 2. The van der Waals surface area contributed by atoms with Gasteiger partial charge in [-0.25, -0.2) is 9.97 Å². The summed E-state index contributed by atoms with van der Waals surface area (Å²) in [6.45, 7) is 0. The second-order valence-corrected chi connectivity index (χ2v) is 5.06. The Balaban J connectivity index is 0.00000121. The van der Waals surface area contributed by atoms with Gasteiger partial charge >= 0.3 is 0 Å². The summed E-state index contributed by atoms with van der Waals surface area (Å²) in [5.74, 6) is 0.946. The number of rotatable bonds is 2. The molecule has 2 aromatic heterocycles. The monoisotopic (exact) mass is 286 g/mol. The molecule has 3 aromatic rings. The number of benzene rings is 1. The standard InChI is InChI=1S/C15H14N4.ClH/c16-15-18-13(9-4-5-9)8-14(19-15)10-2-1-3-12-11(10)6-7-17-12;/h1-3,6-9,17H,4-5H2,(H2,16,18,19);1H. The first-order chi connectivity index (χ1) is 9.31. The maximum atomic E-state index is 5.85. The van der Waals surface area contributed by atoms with Crippen LogP contribution in [0.15, 0.2) is 36.5 Å². The Labute approximate surface area is 122 Å². The first-order valence-corrected chi connectivity index (χ1v) is 6.52. The molecule has 0 bridgehead atoms. The Morgan fingerprint density at radius 2 is 2.00 bits per heavy atom. The van der Waals surface area contributed by atoms with Crippen molar-refractivity contribution in [3.05, 3.63) is 42.2 Å². The van der Waals surface area contributed by atoms with Gasteiger partial charge in [0.15, 0.2) is 0 Å². The summed E-state index contributed by atoms with van der Waals surface area (Å²) >= 11 is 0. The summed E-state index contributed by atoms with van der Waals surface area (Å²) in [5.41, 5.74) is 10.1. The molecule has 1 saturated carbocycles. The van der Waals surface area contributed by atoms with Crippen molar-refractivity contribution in [3.63, 3.8) is 0 Å². The molecule has 1 fully saturated rings.